The number of halogens is 2. The molecule has 17 heavy (non-hydrogen) atoms. The maximum atomic E-state index is 11.5. The van der Waals surface area contributed by atoms with Crippen LogP contribution in [0.2, 0.25) is 0 Å². The van der Waals surface area contributed by atoms with Gasteiger partial charge in [0.25, 0.3) is 3.79 Å². The molecule has 0 fully saturated rings. The van der Waals surface area contributed by atoms with Gasteiger partial charge in [-0.3, -0.25) is 13.4 Å². The Morgan fingerprint density at radius 1 is 1.41 bits per heavy atom. The first-order chi connectivity index (χ1) is 7.73. The molecule has 0 aliphatic heterocycles. The highest BCUT2D eigenvalue weighted by molar-refractivity contribution is 14.1. The lowest BCUT2D eigenvalue weighted by Crippen LogP contribution is -2.46. The quantitative estimate of drug-likeness (QED) is 0.285. The zero-order chi connectivity index (χ0) is 13.7. The van der Waals surface area contributed by atoms with Gasteiger partial charge in [-0.1, -0.05) is 13.8 Å². The highest BCUT2D eigenvalue weighted by Crippen LogP contribution is 2.21. The van der Waals surface area contributed by atoms with Gasteiger partial charge in [0, 0.05) is 46.2 Å². The fourth-order valence-electron chi connectivity index (χ4n) is 1.55. The number of Topliss-reactive ketones (excluding diaryl/α,β-unsaturated/α-hetero) is 1. The topological polar surface area (TPSA) is 93.2 Å². The molecule has 0 saturated carbocycles. The Labute approximate surface area is 123 Å². The van der Waals surface area contributed by atoms with E-state index < -0.39 is 27.6 Å². The van der Waals surface area contributed by atoms with Crippen molar-refractivity contribution in [2.75, 3.05) is 0 Å². The minimum Gasteiger partial charge on any atom is -0.327 e. The molecule has 0 aliphatic rings. The average molecular weight is 419 g/mol. The molecule has 98 valence electrons. The van der Waals surface area contributed by atoms with E-state index in [0.717, 1.165) is 0 Å². The lowest BCUT2D eigenvalue weighted by atomic mass is 9.84. The fraction of sp³-hybridized carbons (Fsp3) is 0.700. The van der Waals surface area contributed by atoms with E-state index in [1.165, 1.54) is 22.6 Å². The van der Waals surface area contributed by atoms with Crippen LogP contribution in [0.4, 0.5) is 0 Å². The van der Waals surface area contributed by atoms with Crippen LogP contribution >= 0.6 is 38.8 Å². The maximum Gasteiger partial charge on any atom is 0.258 e. The molecular weight excluding hydrogens is 403 g/mol. The SMILES string of the molecule is CC(=N)C(OBr)C(C)C(N)C(C)C(=O)C(=O)I. The number of nitrogens with one attached hydrogen (secondary N) is 1. The predicted octanol–water partition coefficient (Wildman–Crippen LogP) is 1.85. The predicted molar refractivity (Wildman–Crippen MR) is 77.5 cm³/mol. The van der Waals surface area contributed by atoms with Crippen molar-refractivity contribution in [3.63, 3.8) is 0 Å². The summed E-state index contributed by atoms with van der Waals surface area (Å²) in [5.41, 5.74) is 6.25. The third kappa shape index (κ3) is 4.72. The van der Waals surface area contributed by atoms with Gasteiger partial charge in [0.2, 0.25) is 5.78 Å². The van der Waals surface area contributed by atoms with Crippen LogP contribution in [0.3, 0.4) is 0 Å². The minimum atomic E-state index is -0.584. The Morgan fingerprint density at radius 2 is 1.88 bits per heavy atom. The smallest absolute Gasteiger partial charge is 0.258 e. The van der Waals surface area contributed by atoms with E-state index in [-0.39, 0.29) is 5.92 Å². The Balaban J connectivity index is 4.79. The summed E-state index contributed by atoms with van der Waals surface area (Å²) >= 11 is 4.30. The summed E-state index contributed by atoms with van der Waals surface area (Å²) in [4.78, 5) is 22.5. The van der Waals surface area contributed by atoms with Crippen molar-refractivity contribution in [3.05, 3.63) is 0 Å². The molecule has 4 atom stereocenters. The second-order valence-electron chi connectivity index (χ2n) is 4.06. The number of hydrogen-bond acceptors (Lipinski definition) is 5. The standard InChI is InChI=1S/C10H16BrIN2O3/c1-4(8(15)10(12)16)7(14)5(2)9(17-11)6(3)13/h4-5,7,9,13H,14H2,1-3H3. The van der Waals surface area contributed by atoms with Gasteiger partial charge in [0.1, 0.15) is 6.10 Å². The van der Waals surface area contributed by atoms with Gasteiger partial charge in [-0.25, -0.2) is 0 Å². The van der Waals surface area contributed by atoms with Crippen molar-refractivity contribution in [1.82, 2.24) is 0 Å². The number of ketones is 1. The van der Waals surface area contributed by atoms with Gasteiger partial charge in [-0.2, -0.15) is 0 Å². The number of carbonyl (C=O) groups is 2. The zero-order valence-electron chi connectivity index (χ0n) is 9.87. The summed E-state index contributed by atoms with van der Waals surface area (Å²) in [6.45, 7) is 5.01. The Kier molecular flexibility index (Phi) is 7.61. The fourth-order valence-corrected chi connectivity index (χ4v) is 2.67. The van der Waals surface area contributed by atoms with Crippen LogP contribution in [0.15, 0.2) is 0 Å². The second kappa shape index (κ2) is 7.55. The van der Waals surface area contributed by atoms with E-state index in [1.807, 2.05) is 0 Å². The van der Waals surface area contributed by atoms with Gasteiger partial charge < -0.3 is 11.1 Å². The summed E-state index contributed by atoms with van der Waals surface area (Å²) < 4.78 is 4.47. The van der Waals surface area contributed by atoms with Gasteiger partial charge in [0.05, 0.1) is 16.3 Å². The molecule has 0 radical (unpaired) electrons. The van der Waals surface area contributed by atoms with Crippen molar-refractivity contribution in [2.24, 2.45) is 17.6 Å². The van der Waals surface area contributed by atoms with E-state index >= 15 is 0 Å². The zero-order valence-corrected chi connectivity index (χ0v) is 13.6. The van der Waals surface area contributed by atoms with Crippen molar-refractivity contribution in [1.29, 1.82) is 5.41 Å². The monoisotopic (exact) mass is 418 g/mol. The number of rotatable bonds is 7. The second-order valence-corrected chi connectivity index (χ2v) is 5.41. The van der Waals surface area contributed by atoms with Crippen molar-refractivity contribution in [3.8, 4) is 0 Å². The van der Waals surface area contributed by atoms with Crippen LogP contribution < -0.4 is 5.73 Å². The van der Waals surface area contributed by atoms with Crippen molar-refractivity contribution >= 4 is 54.1 Å². The van der Waals surface area contributed by atoms with Gasteiger partial charge in [0.15, 0.2) is 0 Å². The maximum absolute atomic E-state index is 11.5. The molecule has 4 unspecified atom stereocenters. The van der Waals surface area contributed by atoms with Crippen LogP contribution in [0.5, 0.6) is 0 Å². The highest BCUT2D eigenvalue weighted by atomic mass is 127. The first-order valence-electron chi connectivity index (χ1n) is 5.05. The molecule has 0 aromatic heterocycles. The highest BCUT2D eigenvalue weighted by Gasteiger charge is 2.33. The minimum absolute atomic E-state index is 0.249. The van der Waals surface area contributed by atoms with Crippen LogP contribution in [-0.4, -0.2) is 27.4 Å². The molecule has 0 aromatic rings. The Bertz CT molecular complexity index is 325. The molecule has 0 spiro atoms. The summed E-state index contributed by atoms with van der Waals surface area (Å²) in [7, 11) is 0. The number of hydrogen-bond donors (Lipinski definition) is 2. The number of carbonyl (C=O) groups excluding carboxylic acids is 2. The largest absolute Gasteiger partial charge is 0.327 e. The first kappa shape index (κ1) is 17.1. The molecule has 0 heterocycles. The summed E-state index contributed by atoms with van der Waals surface area (Å²) in [6.07, 6.45) is -0.510. The van der Waals surface area contributed by atoms with Crippen LogP contribution in [-0.2, 0) is 13.4 Å². The summed E-state index contributed by atoms with van der Waals surface area (Å²) in [5, 5.41) is 7.54. The van der Waals surface area contributed by atoms with Gasteiger partial charge in [-0.05, 0) is 6.92 Å². The molecule has 0 amide bonds. The van der Waals surface area contributed by atoms with Crippen LogP contribution in [0.25, 0.3) is 0 Å². The van der Waals surface area contributed by atoms with E-state index in [4.69, 9.17) is 15.0 Å². The molecular formula is C10H16BrIN2O3. The third-order valence-corrected chi connectivity index (χ3v) is 3.73. The van der Waals surface area contributed by atoms with E-state index in [0.29, 0.717) is 5.71 Å². The molecule has 0 rings (SSSR count). The van der Waals surface area contributed by atoms with E-state index in [1.54, 1.807) is 20.8 Å². The summed E-state index contributed by atoms with van der Waals surface area (Å²) in [5.74, 6) is -1.33. The molecule has 0 aromatic carbocycles. The first-order valence-corrected chi connectivity index (χ1v) is 6.78. The lowest BCUT2D eigenvalue weighted by molar-refractivity contribution is -0.133. The Hall–Kier alpha value is 0.140. The van der Waals surface area contributed by atoms with E-state index in [2.05, 4.69) is 16.3 Å². The normalized spacial score (nSPS) is 18.0. The van der Waals surface area contributed by atoms with E-state index in [9.17, 15) is 9.59 Å². The molecule has 3 N–H and O–H groups in total. The molecule has 7 heteroatoms. The molecule has 0 bridgehead atoms. The number of nitrogens with two attached hydrogens (primary N) is 1. The molecule has 5 nitrogen and oxygen atoms in total. The van der Waals surface area contributed by atoms with Gasteiger partial charge in [-0.15, -0.1) is 0 Å². The van der Waals surface area contributed by atoms with Crippen molar-refractivity contribution < 1.29 is 13.4 Å². The van der Waals surface area contributed by atoms with Crippen LogP contribution in [0.1, 0.15) is 20.8 Å². The van der Waals surface area contributed by atoms with Gasteiger partial charge >= 0.3 is 0 Å². The average Bonchev–Trinajstić information content (AvgIpc) is 2.26. The van der Waals surface area contributed by atoms with Crippen molar-refractivity contribution in [2.45, 2.75) is 32.9 Å². The Morgan fingerprint density at radius 3 is 2.18 bits per heavy atom. The lowest BCUT2D eigenvalue weighted by Gasteiger charge is -2.29. The molecule has 0 aliphatic carbocycles. The third-order valence-electron chi connectivity index (χ3n) is 2.79. The molecule has 0 saturated heterocycles. The summed E-state index contributed by atoms with van der Waals surface area (Å²) in [6, 6.07) is -0.538. The van der Waals surface area contributed by atoms with Crippen LogP contribution in [0, 0.1) is 17.2 Å².